The molecule has 2 N–H and O–H groups in total. The van der Waals surface area contributed by atoms with E-state index in [-0.39, 0.29) is 0 Å². The lowest BCUT2D eigenvalue weighted by Gasteiger charge is -2.14. The number of hydrogen-bond donors (Lipinski definition) is 1. The minimum absolute atomic E-state index is 0.552. The summed E-state index contributed by atoms with van der Waals surface area (Å²) in [6.45, 7) is 0. The third kappa shape index (κ3) is 2.28. The van der Waals surface area contributed by atoms with Gasteiger partial charge in [-0.15, -0.1) is 0 Å². The highest BCUT2D eigenvalue weighted by Crippen LogP contribution is 2.35. The van der Waals surface area contributed by atoms with Crippen LogP contribution in [0.2, 0.25) is 0 Å². The molecule has 2 heterocycles. The Hall–Kier alpha value is -0.770. The molecule has 1 aliphatic heterocycles. The first-order valence-electron chi connectivity index (χ1n) is 6.57. The normalized spacial score (nSPS) is 21.2. The predicted octanol–water partition coefficient (Wildman–Crippen LogP) is 3.24. The van der Waals surface area contributed by atoms with Crippen molar-refractivity contribution < 1.29 is 0 Å². The molecule has 0 atom stereocenters. The molecule has 0 spiro atoms. The Bertz CT molecular complexity index is 411. The first kappa shape index (κ1) is 11.3. The van der Waals surface area contributed by atoms with Gasteiger partial charge in [-0.3, -0.25) is 0 Å². The zero-order valence-corrected chi connectivity index (χ0v) is 10.9. The van der Waals surface area contributed by atoms with Crippen LogP contribution < -0.4 is 5.73 Å². The minimum Gasteiger partial charge on any atom is -0.383 e. The van der Waals surface area contributed by atoms with E-state index >= 15 is 0 Å². The summed E-state index contributed by atoms with van der Waals surface area (Å²) in [5.41, 5.74) is 8.44. The van der Waals surface area contributed by atoms with Crippen molar-refractivity contribution in [3.05, 3.63) is 17.1 Å². The molecule has 17 heavy (non-hydrogen) atoms. The van der Waals surface area contributed by atoms with Gasteiger partial charge in [0.25, 0.3) is 0 Å². The monoisotopic (exact) mass is 249 g/mol. The standard InChI is InChI=1S/C13H19N3S/c14-12-10-7-17-8-11(10)15-13(16-12)9-5-3-1-2-4-6-9/h9H,1-8H2,(H2,14,15,16). The maximum absolute atomic E-state index is 6.05. The summed E-state index contributed by atoms with van der Waals surface area (Å²) in [7, 11) is 0. The quantitative estimate of drug-likeness (QED) is 0.776. The van der Waals surface area contributed by atoms with E-state index in [0.717, 1.165) is 23.1 Å². The molecule has 3 nitrogen and oxygen atoms in total. The van der Waals surface area contributed by atoms with Gasteiger partial charge in [0.15, 0.2) is 0 Å². The lowest BCUT2D eigenvalue weighted by atomic mass is 9.99. The molecule has 1 saturated carbocycles. The maximum Gasteiger partial charge on any atom is 0.134 e. The fourth-order valence-electron chi connectivity index (χ4n) is 2.82. The molecule has 4 heteroatoms. The van der Waals surface area contributed by atoms with Crippen molar-refractivity contribution in [2.75, 3.05) is 5.73 Å². The first-order chi connectivity index (χ1) is 8.34. The zero-order valence-electron chi connectivity index (χ0n) is 10.1. The second-order valence-corrected chi connectivity index (χ2v) is 6.06. The fraction of sp³-hybridized carbons (Fsp3) is 0.692. The highest BCUT2D eigenvalue weighted by molar-refractivity contribution is 7.98. The molecule has 0 aromatic carbocycles. The van der Waals surface area contributed by atoms with Crippen LogP contribution in [0.15, 0.2) is 0 Å². The summed E-state index contributed by atoms with van der Waals surface area (Å²) in [5, 5.41) is 0. The second-order valence-electron chi connectivity index (χ2n) is 5.07. The van der Waals surface area contributed by atoms with Crippen molar-refractivity contribution in [1.29, 1.82) is 0 Å². The molecule has 1 aromatic heterocycles. The second kappa shape index (κ2) is 4.84. The van der Waals surface area contributed by atoms with Crippen molar-refractivity contribution in [2.24, 2.45) is 0 Å². The van der Waals surface area contributed by atoms with Crippen LogP contribution in [0, 0.1) is 0 Å². The predicted molar refractivity (Wildman–Crippen MR) is 71.9 cm³/mol. The van der Waals surface area contributed by atoms with E-state index in [1.165, 1.54) is 49.8 Å². The number of thioether (sulfide) groups is 1. The van der Waals surface area contributed by atoms with Crippen LogP contribution in [0.3, 0.4) is 0 Å². The van der Waals surface area contributed by atoms with Crippen LogP contribution in [0.1, 0.15) is 61.5 Å². The number of nitrogen functional groups attached to an aromatic ring is 1. The molecule has 1 fully saturated rings. The molecule has 0 saturated heterocycles. The lowest BCUT2D eigenvalue weighted by molar-refractivity contribution is 0.559. The van der Waals surface area contributed by atoms with Gasteiger partial charge in [-0.1, -0.05) is 25.7 Å². The van der Waals surface area contributed by atoms with Gasteiger partial charge in [0.1, 0.15) is 11.6 Å². The summed E-state index contributed by atoms with van der Waals surface area (Å²) in [5.74, 6) is 4.31. The number of fused-ring (bicyclic) bond motifs is 1. The highest BCUT2D eigenvalue weighted by Gasteiger charge is 2.22. The third-order valence-corrected chi connectivity index (χ3v) is 4.82. The zero-order chi connectivity index (χ0) is 11.7. The molecule has 1 aromatic rings. The summed E-state index contributed by atoms with van der Waals surface area (Å²) >= 11 is 1.89. The van der Waals surface area contributed by atoms with Gasteiger partial charge in [0.2, 0.25) is 0 Å². The largest absolute Gasteiger partial charge is 0.383 e. The first-order valence-corrected chi connectivity index (χ1v) is 7.73. The third-order valence-electron chi connectivity index (χ3n) is 3.85. The van der Waals surface area contributed by atoms with Crippen LogP contribution >= 0.6 is 11.8 Å². The average molecular weight is 249 g/mol. The molecule has 1 aliphatic carbocycles. The smallest absolute Gasteiger partial charge is 0.134 e. The molecule has 0 radical (unpaired) electrons. The van der Waals surface area contributed by atoms with E-state index in [2.05, 4.69) is 4.98 Å². The Kier molecular flexibility index (Phi) is 3.23. The van der Waals surface area contributed by atoms with Crippen molar-refractivity contribution in [1.82, 2.24) is 9.97 Å². The van der Waals surface area contributed by atoms with Gasteiger partial charge < -0.3 is 5.73 Å². The maximum atomic E-state index is 6.05. The van der Waals surface area contributed by atoms with Gasteiger partial charge in [-0.2, -0.15) is 11.8 Å². The highest BCUT2D eigenvalue weighted by atomic mass is 32.2. The van der Waals surface area contributed by atoms with Gasteiger partial charge in [0, 0.05) is 23.0 Å². The van der Waals surface area contributed by atoms with Crippen molar-refractivity contribution in [2.45, 2.75) is 55.9 Å². The van der Waals surface area contributed by atoms with Gasteiger partial charge in [-0.25, -0.2) is 9.97 Å². The van der Waals surface area contributed by atoms with Gasteiger partial charge >= 0.3 is 0 Å². The van der Waals surface area contributed by atoms with Crippen LogP contribution in [0.4, 0.5) is 5.82 Å². The summed E-state index contributed by atoms with van der Waals surface area (Å²) in [6, 6.07) is 0. The topological polar surface area (TPSA) is 51.8 Å². The number of aromatic nitrogens is 2. The number of hydrogen-bond acceptors (Lipinski definition) is 4. The van der Waals surface area contributed by atoms with Gasteiger partial charge in [-0.05, 0) is 12.8 Å². The fourth-order valence-corrected chi connectivity index (χ4v) is 3.87. The Morgan fingerprint density at radius 1 is 1.00 bits per heavy atom. The van der Waals surface area contributed by atoms with E-state index in [1.807, 2.05) is 11.8 Å². The molecule has 0 amide bonds. The van der Waals surface area contributed by atoms with Crippen LogP contribution in [0.25, 0.3) is 0 Å². The van der Waals surface area contributed by atoms with Crippen molar-refractivity contribution in [3.8, 4) is 0 Å². The minimum atomic E-state index is 0.552. The molecule has 2 aliphatic rings. The average Bonchev–Trinajstić information content (AvgIpc) is 2.63. The van der Waals surface area contributed by atoms with Crippen LogP contribution in [-0.2, 0) is 11.5 Å². The number of rotatable bonds is 1. The summed E-state index contributed by atoms with van der Waals surface area (Å²) < 4.78 is 0. The van der Waals surface area contributed by atoms with Crippen LogP contribution in [-0.4, -0.2) is 9.97 Å². The summed E-state index contributed by atoms with van der Waals surface area (Å²) in [4.78, 5) is 9.33. The lowest BCUT2D eigenvalue weighted by Crippen LogP contribution is -2.09. The number of nitrogens with zero attached hydrogens (tertiary/aromatic N) is 2. The summed E-state index contributed by atoms with van der Waals surface area (Å²) in [6.07, 6.45) is 7.86. The molecule has 0 unspecified atom stereocenters. The molecular formula is C13H19N3S. The van der Waals surface area contributed by atoms with Crippen molar-refractivity contribution >= 4 is 17.6 Å². The van der Waals surface area contributed by atoms with E-state index < -0.39 is 0 Å². The number of nitrogens with two attached hydrogens (primary N) is 1. The molecule has 3 rings (SSSR count). The Morgan fingerprint density at radius 3 is 2.53 bits per heavy atom. The number of anilines is 1. The van der Waals surface area contributed by atoms with E-state index in [9.17, 15) is 0 Å². The Balaban J connectivity index is 1.89. The van der Waals surface area contributed by atoms with E-state index in [0.29, 0.717) is 5.92 Å². The Morgan fingerprint density at radius 2 is 1.76 bits per heavy atom. The Labute approximate surface area is 107 Å². The van der Waals surface area contributed by atoms with E-state index in [1.54, 1.807) is 0 Å². The van der Waals surface area contributed by atoms with Crippen LogP contribution in [0.5, 0.6) is 0 Å². The molecular weight excluding hydrogens is 230 g/mol. The van der Waals surface area contributed by atoms with Gasteiger partial charge in [0.05, 0.1) is 5.69 Å². The van der Waals surface area contributed by atoms with Crippen molar-refractivity contribution in [3.63, 3.8) is 0 Å². The molecule has 92 valence electrons. The van der Waals surface area contributed by atoms with E-state index in [4.69, 9.17) is 10.7 Å². The molecule has 0 bridgehead atoms. The SMILES string of the molecule is Nc1nc(C2CCCCCC2)nc2c1CSC2.